The van der Waals surface area contributed by atoms with Gasteiger partial charge < -0.3 is 9.64 Å². The molecule has 38 heavy (non-hydrogen) atoms. The summed E-state index contributed by atoms with van der Waals surface area (Å²) in [6.07, 6.45) is 1.89. The van der Waals surface area contributed by atoms with Crippen molar-refractivity contribution in [3.05, 3.63) is 143 Å². The number of rotatable bonds is 8. The molecular formula is C34H29NO2S. The van der Waals surface area contributed by atoms with E-state index in [1.807, 2.05) is 48.5 Å². The minimum atomic E-state index is -0.190. The lowest BCUT2D eigenvalue weighted by atomic mass is 9.98. The minimum absolute atomic E-state index is 0.190. The number of thiol groups is 1. The molecule has 1 heterocycles. The van der Waals surface area contributed by atoms with Crippen LogP contribution in [-0.2, 0) is 26.0 Å². The fourth-order valence-corrected chi connectivity index (χ4v) is 5.75. The van der Waals surface area contributed by atoms with Gasteiger partial charge in [0, 0.05) is 29.2 Å². The van der Waals surface area contributed by atoms with Crippen molar-refractivity contribution < 1.29 is 9.53 Å². The molecule has 4 heteroatoms. The molecule has 5 aromatic rings. The summed E-state index contributed by atoms with van der Waals surface area (Å²) in [5.74, 6) is 0.904. The van der Waals surface area contributed by atoms with Crippen molar-refractivity contribution in [1.29, 1.82) is 0 Å². The molecule has 5 aromatic carbocycles. The van der Waals surface area contributed by atoms with Crippen molar-refractivity contribution in [3.8, 4) is 5.75 Å². The predicted molar refractivity (Wildman–Crippen MR) is 158 cm³/mol. The van der Waals surface area contributed by atoms with Crippen molar-refractivity contribution in [3.63, 3.8) is 0 Å². The van der Waals surface area contributed by atoms with Crippen LogP contribution in [0.25, 0.3) is 10.8 Å². The summed E-state index contributed by atoms with van der Waals surface area (Å²) >= 11 is 4.12. The number of anilines is 1. The molecular weight excluding hydrogens is 486 g/mol. The van der Waals surface area contributed by atoms with Crippen LogP contribution >= 0.6 is 12.6 Å². The molecule has 0 aliphatic carbocycles. The molecule has 3 nitrogen and oxygen atoms in total. The number of para-hydroxylation sites is 1. The number of benzene rings is 5. The first kappa shape index (κ1) is 24.3. The third-order valence-corrected chi connectivity index (χ3v) is 7.64. The summed E-state index contributed by atoms with van der Waals surface area (Å²) in [4.78, 5) is 14.6. The fourth-order valence-electron chi connectivity index (χ4n) is 5.54. The molecule has 0 aromatic heterocycles. The lowest BCUT2D eigenvalue weighted by Crippen LogP contribution is -2.33. The average Bonchev–Trinajstić information content (AvgIpc) is 3.29. The van der Waals surface area contributed by atoms with E-state index in [2.05, 4.69) is 84.3 Å². The van der Waals surface area contributed by atoms with Crippen molar-refractivity contribution in [2.24, 2.45) is 0 Å². The number of ether oxygens (including phenoxy) is 1. The number of nitrogens with zero attached hydrogens (tertiary/aromatic N) is 1. The zero-order valence-corrected chi connectivity index (χ0v) is 22.0. The molecule has 0 spiro atoms. The van der Waals surface area contributed by atoms with Crippen LogP contribution in [0.2, 0.25) is 0 Å². The van der Waals surface area contributed by atoms with Gasteiger partial charge in [-0.15, -0.1) is 12.6 Å². The van der Waals surface area contributed by atoms with Gasteiger partial charge in [0.25, 0.3) is 0 Å². The number of carbonyl (C=O) groups is 1. The molecule has 0 fully saturated rings. The third kappa shape index (κ3) is 5.05. The van der Waals surface area contributed by atoms with Crippen LogP contribution in [0.4, 0.5) is 5.69 Å². The first-order chi connectivity index (χ1) is 18.7. The first-order valence-corrected chi connectivity index (χ1v) is 13.4. The maximum atomic E-state index is 12.2. The second kappa shape index (κ2) is 10.8. The molecule has 188 valence electrons. The number of carbonyl (C=O) groups excluding carboxylic acids is 1. The Balaban J connectivity index is 1.26. The van der Waals surface area contributed by atoms with Crippen LogP contribution in [0.3, 0.4) is 0 Å². The van der Waals surface area contributed by atoms with Crippen LogP contribution in [0.1, 0.15) is 32.6 Å². The summed E-state index contributed by atoms with van der Waals surface area (Å²) in [6.45, 7) is 1.22. The Bertz CT molecular complexity index is 1600. The number of hydrogen-bond donors (Lipinski definition) is 1. The summed E-state index contributed by atoms with van der Waals surface area (Å²) in [5.41, 5.74) is 6.73. The highest BCUT2D eigenvalue weighted by atomic mass is 32.1. The van der Waals surface area contributed by atoms with E-state index < -0.39 is 0 Å². The molecule has 1 atom stereocenters. The Morgan fingerprint density at radius 1 is 0.816 bits per heavy atom. The third-order valence-electron chi connectivity index (χ3n) is 7.40. The van der Waals surface area contributed by atoms with Crippen molar-refractivity contribution in [1.82, 2.24) is 0 Å². The second-order valence-corrected chi connectivity index (χ2v) is 10.3. The van der Waals surface area contributed by atoms with E-state index in [0.717, 1.165) is 35.1 Å². The molecule has 0 radical (unpaired) electrons. The first-order valence-electron chi connectivity index (χ1n) is 13.0. The smallest absolute Gasteiger partial charge is 0.216 e. The standard InChI is InChI=1S/C34H29NO2S/c36-34(38)31-14-6-4-12-28(31)22-35-29(21-27-11-5-7-15-32(27)35)20-25-17-18-30-26(19-25)13-8-16-33(30)37-23-24-9-2-1-3-10-24/h1-19,29H,20-23H2,(H,36,38). The van der Waals surface area contributed by atoms with Gasteiger partial charge in [-0.05, 0) is 52.6 Å². The zero-order valence-electron chi connectivity index (χ0n) is 21.1. The van der Waals surface area contributed by atoms with Crippen LogP contribution in [-0.4, -0.2) is 11.2 Å². The second-order valence-electron chi connectivity index (χ2n) is 9.87. The molecule has 1 unspecified atom stereocenters. The van der Waals surface area contributed by atoms with Crippen molar-refractivity contribution in [2.75, 3.05) is 4.90 Å². The van der Waals surface area contributed by atoms with Gasteiger partial charge in [-0.1, -0.05) is 103 Å². The molecule has 0 saturated heterocycles. The zero-order chi connectivity index (χ0) is 25.9. The lowest BCUT2D eigenvalue weighted by molar-refractivity contribution is 0.109. The molecule has 0 bridgehead atoms. The fraction of sp³-hybridized carbons (Fsp3) is 0.147. The SMILES string of the molecule is O=C(S)c1ccccc1CN1c2ccccc2CC1Cc1ccc2c(OCc3ccccc3)cccc2c1. The minimum Gasteiger partial charge on any atom is -0.488 e. The summed E-state index contributed by atoms with van der Waals surface area (Å²) in [6, 6.07) is 39.9. The van der Waals surface area contributed by atoms with Gasteiger partial charge in [-0.25, -0.2) is 0 Å². The highest BCUT2D eigenvalue weighted by Crippen LogP contribution is 2.36. The van der Waals surface area contributed by atoms with Gasteiger partial charge >= 0.3 is 0 Å². The van der Waals surface area contributed by atoms with E-state index in [9.17, 15) is 4.79 Å². The Kier molecular flexibility index (Phi) is 6.89. The highest BCUT2D eigenvalue weighted by molar-refractivity contribution is 7.97. The molecule has 1 aliphatic rings. The summed E-state index contributed by atoms with van der Waals surface area (Å²) < 4.78 is 6.19. The van der Waals surface area contributed by atoms with E-state index >= 15 is 0 Å². The molecule has 6 rings (SSSR count). The maximum Gasteiger partial charge on any atom is 0.216 e. The summed E-state index contributed by atoms with van der Waals surface area (Å²) in [5, 5.41) is 2.12. The normalized spacial score (nSPS) is 14.4. The van der Waals surface area contributed by atoms with Gasteiger partial charge in [-0.2, -0.15) is 0 Å². The van der Waals surface area contributed by atoms with Gasteiger partial charge in [0.1, 0.15) is 12.4 Å². The Morgan fingerprint density at radius 2 is 1.61 bits per heavy atom. The van der Waals surface area contributed by atoms with Crippen LogP contribution < -0.4 is 9.64 Å². The van der Waals surface area contributed by atoms with Crippen molar-refractivity contribution >= 4 is 34.2 Å². The van der Waals surface area contributed by atoms with E-state index in [1.165, 1.54) is 22.2 Å². The van der Waals surface area contributed by atoms with E-state index in [0.29, 0.717) is 24.8 Å². The van der Waals surface area contributed by atoms with Crippen LogP contribution in [0, 0.1) is 0 Å². The largest absolute Gasteiger partial charge is 0.488 e. The average molecular weight is 516 g/mol. The van der Waals surface area contributed by atoms with Gasteiger partial charge in [0.2, 0.25) is 5.12 Å². The van der Waals surface area contributed by atoms with Crippen LogP contribution in [0.15, 0.2) is 115 Å². The monoisotopic (exact) mass is 515 g/mol. The van der Waals surface area contributed by atoms with E-state index in [4.69, 9.17) is 4.74 Å². The number of hydrogen-bond acceptors (Lipinski definition) is 3. The highest BCUT2D eigenvalue weighted by Gasteiger charge is 2.30. The lowest BCUT2D eigenvalue weighted by Gasteiger charge is -2.29. The van der Waals surface area contributed by atoms with E-state index in [1.54, 1.807) is 0 Å². The summed E-state index contributed by atoms with van der Waals surface area (Å²) in [7, 11) is 0. The number of fused-ring (bicyclic) bond motifs is 2. The van der Waals surface area contributed by atoms with Gasteiger partial charge in [0.15, 0.2) is 0 Å². The molecule has 0 N–H and O–H groups in total. The van der Waals surface area contributed by atoms with Crippen LogP contribution in [0.5, 0.6) is 5.75 Å². The van der Waals surface area contributed by atoms with Gasteiger partial charge in [-0.3, -0.25) is 4.79 Å². The molecule has 0 saturated carbocycles. The quantitative estimate of drug-likeness (QED) is 0.215. The topological polar surface area (TPSA) is 29.5 Å². The Morgan fingerprint density at radius 3 is 2.47 bits per heavy atom. The Labute approximate surface area is 229 Å². The maximum absolute atomic E-state index is 12.2. The van der Waals surface area contributed by atoms with E-state index in [-0.39, 0.29) is 5.12 Å². The van der Waals surface area contributed by atoms with Gasteiger partial charge in [0.05, 0.1) is 0 Å². The molecule has 1 aliphatic heterocycles. The van der Waals surface area contributed by atoms with Crippen molar-refractivity contribution in [2.45, 2.75) is 32.0 Å². The molecule has 0 amide bonds. The predicted octanol–water partition coefficient (Wildman–Crippen LogP) is 7.66. The Hall–Kier alpha value is -4.02.